The van der Waals surface area contributed by atoms with Crippen molar-refractivity contribution in [2.75, 3.05) is 6.54 Å². The summed E-state index contributed by atoms with van der Waals surface area (Å²) in [6.07, 6.45) is 0.365. The van der Waals surface area contributed by atoms with Gasteiger partial charge in [-0.2, -0.15) is 0 Å². The maximum atomic E-state index is 11.6. The lowest BCUT2D eigenvalue weighted by Gasteiger charge is -2.34. The smallest absolute Gasteiger partial charge is 0.227 e. The highest BCUT2D eigenvalue weighted by molar-refractivity contribution is 5.87. The fourth-order valence-corrected chi connectivity index (χ4v) is 1.90. The van der Waals surface area contributed by atoms with Gasteiger partial charge >= 0.3 is 0 Å². The van der Waals surface area contributed by atoms with Crippen LogP contribution in [0.2, 0.25) is 0 Å². The first-order chi connectivity index (χ1) is 8.16. The number of hydrogen-bond acceptors (Lipinski definition) is 2. The molecule has 1 fully saturated rings. The second-order valence-corrected chi connectivity index (χ2v) is 4.37. The molecule has 4 heteroatoms. The molecule has 0 unspecified atom stereocenters. The van der Waals surface area contributed by atoms with E-state index in [2.05, 4.69) is 10.6 Å². The zero-order valence-electron chi connectivity index (χ0n) is 9.77. The van der Waals surface area contributed by atoms with Gasteiger partial charge in [-0.05, 0) is 12.5 Å². The second kappa shape index (κ2) is 4.99. The highest BCUT2D eigenvalue weighted by atomic mass is 16.2. The van der Waals surface area contributed by atoms with Gasteiger partial charge in [-0.25, -0.2) is 0 Å². The first-order valence-corrected chi connectivity index (χ1v) is 5.78. The molecule has 0 bridgehead atoms. The van der Waals surface area contributed by atoms with Crippen molar-refractivity contribution in [1.29, 1.82) is 0 Å². The highest BCUT2D eigenvalue weighted by Crippen LogP contribution is 2.12. The summed E-state index contributed by atoms with van der Waals surface area (Å²) in [6.45, 7) is 2.37. The van der Waals surface area contributed by atoms with E-state index in [1.807, 2.05) is 37.3 Å². The SMILES string of the molecule is C[C@H]1NC(=O)[C@H]1CNC(=O)Cc1ccccc1. The number of β-lactam (4-membered cyclic amide) rings is 1. The fraction of sp³-hybridized carbons (Fsp3) is 0.385. The van der Waals surface area contributed by atoms with Gasteiger partial charge in [0.15, 0.2) is 0 Å². The largest absolute Gasteiger partial charge is 0.355 e. The third kappa shape index (κ3) is 2.84. The van der Waals surface area contributed by atoms with E-state index in [1.54, 1.807) is 0 Å². The van der Waals surface area contributed by atoms with Crippen LogP contribution in [0.25, 0.3) is 0 Å². The molecule has 1 aliphatic rings. The van der Waals surface area contributed by atoms with Crippen molar-refractivity contribution in [3.05, 3.63) is 35.9 Å². The van der Waals surface area contributed by atoms with Crippen molar-refractivity contribution in [3.8, 4) is 0 Å². The minimum absolute atomic E-state index is 0.0255. The quantitative estimate of drug-likeness (QED) is 0.742. The number of hydrogen-bond donors (Lipinski definition) is 2. The summed E-state index contributed by atoms with van der Waals surface area (Å²) in [7, 11) is 0. The third-order valence-electron chi connectivity index (χ3n) is 3.04. The Bertz CT molecular complexity index is 417. The van der Waals surface area contributed by atoms with Crippen LogP contribution in [0.15, 0.2) is 30.3 Å². The number of amides is 2. The molecule has 2 rings (SSSR count). The van der Waals surface area contributed by atoms with E-state index in [1.165, 1.54) is 0 Å². The van der Waals surface area contributed by atoms with Crippen molar-refractivity contribution in [1.82, 2.24) is 10.6 Å². The molecule has 0 aliphatic carbocycles. The predicted octanol–water partition coefficient (Wildman–Crippen LogP) is 0.480. The van der Waals surface area contributed by atoms with E-state index < -0.39 is 0 Å². The van der Waals surface area contributed by atoms with E-state index in [-0.39, 0.29) is 23.8 Å². The summed E-state index contributed by atoms with van der Waals surface area (Å²) in [4.78, 5) is 22.8. The minimum Gasteiger partial charge on any atom is -0.355 e. The van der Waals surface area contributed by atoms with Gasteiger partial charge in [0.1, 0.15) is 0 Å². The molecule has 2 N–H and O–H groups in total. The molecular weight excluding hydrogens is 216 g/mol. The lowest BCUT2D eigenvalue weighted by atomic mass is 9.92. The van der Waals surface area contributed by atoms with E-state index >= 15 is 0 Å². The fourth-order valence-electron chi connectivity index (χ4n) is 1.90. The van der Waals surface area contributed by atoms with E-state index in [0.717, 1.165) is 5.56 Å². The Morgan fingerprint density at radius 2 is 2.06 bits per heavy atom. The molecule has 2 atom stereocenters. The van der Waals surface area contributed by atoms with Gasteiger partial charge in [0.25, 0.3) is 0 Å². The Labute approximate surface area is 100 Å². The van der Waals surface area contributed by atoms with Crippen LogP contribution in [0.5, 0.6) is 0 Å². The number of carbonyl (C=O) groups is 2. The minimum atomic E-state index is -0.0743. The first-order valence-electron chi connectivity index (χ1n) is 5.78. The second-order valence-electron chi connectivity index (χ2n) is 4.37. The number of rotatable bonds is 4. The topological polar surface area (TPSA) is 58.2 Å². The molecular formula is C13H16N2O2. The maximum Gasteiger partial charge on any atom is 0.227 e. The van der Waals surface area contributed by atoms with Gasteiger partial charge in [0.2, 0.25) is 11.8 Å². The summed E-state index contributed by atoms with van der Waals surface area (Å²) in [5, 5.41) is 5.53. The molecule has 2 amide bonds. The number of benzene rings is 1. The summed E-state index contributed by atoms with van der Waals surface area (Å²) in [5.74, 6) is -0.0877. The molecule has 0 aromatic heterocycles. The van der Waals surface area contributed by atoms with E-state index in [9.17, 15) is 9.59 Å². The van der Waals surface area contributed by atoms with Crippen LogP contribution in [0, 0.1) is 5.92 Å². The standard InChI is InChI=1S/C13H16N2O2/c1-9-11(13(17)15-9)8-14-12(16)7-10-5-3-2-4-6-10/h2-6,9,11H,7-8H2,1H3,(H,14,16)(H,15,17)/t9-,11+/m1/s1. The molecule has 0 spiro atoms. The Morgan fingerprint density at radius 1 is 1.35 bits per heavy atom. The molecule has 0 radical (unpaired) electrons. The maximum absolute atomic E-state index is 11.6. The zero-order chi connectivity index (χ0) is 12.3. The Kier molecular flexibility index (Phi) is 3.42. The summed E-state index contributed by atoms with van der Waals surface area (Å²) in [6, 6.07) is 9.73. The molecule has 4 nitrogen and oxygen atoms in total. The van der Waals surface area contributed by atoms with E-state index in [4.69, 9.17) is 0 Å². The summed E-state index contributed by atoms with van der Waals surface area (Å²) >= 11 is 0. The van der Waals surface area contributed by atoms with Crippen LogP contribution in [0.3, 0.4) is 0 Å². The lowest BCUT2D eigenvalue weighted by Crippen LogP contribution is -2.60. The molecule has 17 heavy (non-hydrogen) atoms. The van der Waals surface area contributed by atoms with Crippen LogP contribution >= 0.6 is 0 Å². The first kappa shape index (κ1) is 11.6. The van der Waals surface area contributed by atoms with E-state index in [0.29, 0.717) is 13.0 Å². The average Bonchev–Trinajstić information content (AvgIpc) is 2.30. The molecule has 0 saturated carbocycles. The monoisotopic (exact) mass is 232 g/mol. The van der Waals surface area contributed by atoms with Gasteiger partial charge in [-0.3, -0.25) is 9.59 Å². The van der Waals surface area contributed by atoms with Crippen LogP contribution < -0.4 is 10.6 Å². The Hall–Kier alpha value is -1.84. The van der Waals surface area contributed by atoms with Crippen molar-refractivity contribution < 1.29 is 9.59 Å². The molecule has 1 heterocycles. The molecule has 90 valence electrons. The number of nitrogens with one attached hydrogen (secondary N) is 2. The molecule has 1 aromatic carbocycles. The van der Waals surface area contributed by atoms with Crippen molar-refractivity contribution in [2.24, 2.45) is 5.92 Å². The van der Waals surface area contributed by atoms with Gasteiger partial charge < -0.3 is 10.6 Å². The van der Waals surface area contributed by atoms with Crippen LogP contribution in [0.1, 0.15) is 12.5 Å². The average molecular weight is 232 g/mol. The highest BCUT2D eigenvalue weighted by Gasteiger charge is 2.35. The number of carbonyl (C=O) groups excluding carboxylic acids is 2. The lowest BCUT2D eigenvalue weighted by molar-refractivity contribution is -0.134. The van der Waals surface area contributed by atoms with Crippen LogP contribution in [-0.4, -0.2) is 24.4 Å². The summed E-state index contributed by atoms with van der Waals surface area (Å²) < 4.78 is 0. The van der Waals surface area contributed by atoms with Crippen LogP contribution in [-0.2, 0) is 16.0 Å². The van der Waals surface area contributed by atoms with Crippen molar-refractivity contribution >= 4 is 11.8 Å². The van der Waals surface area contributed by atoms with Crippen molar-refractivity contribution in [3.63, 3.8) is 0 Å². The normalized spacial score (nSPS) is 22.5. The zero-order valence-corrected chi connectivity index (χ0v) is 9.77. The third-order valence-corrected chi connectivity index (χ3v) is 3.04. The van der Waals surface area contributed by atoms with Gasteiger partial charge in [-0.15, -0.1) is 0 Å². The Balaban J connectivity index is 1.77. The molecule has 1 aromatic rings. The van der Waals surface area contributed by atoms with Gasteiger partial charge in [0, 0.05) is 12.6 Å². The van der Waals surface area contributed by atoms with Crippen LogP contribution in [0.4, 0.5) is 0 Å². The van der Waals surface area contributed by atoms with Crippen molar-refractivity contribution in [2.45, 2.75) is 19.4 Å². The predicted molar refractivity (Wildman–Crippen MR) is 64.3 cm³/mol. The Morgan fingerprint density at radius 3 is 2.65 bits per heavy atom. The molecule has 1 saturated heterocycles. The molecule has 1 aliphatic heterocycles. The summed E-state index contributed by atoms with van der Waals surface area (Å²) in [5.41, 5.74) is 0.983. The van der Waals surface area contributed by atoms with Gasteiger partial charge in [0.05, 0.1) is 12.3 Å². The van der Waals surface area contributed by atoms with Gasteiger partial charge in [-0.1, -0.05) is 30.3 Å².